The first-order valence-corrected chi connectivity index (χ1v) is 13.8. The number of aromatic amines is 1. The lowest BCUT2D eigenvalue weighted by Gasteiger charge is -2.25. The SMILES string of the molecule is Cn1cc(S(=O)(=O)N2CCCCC2)cc1C(=O)NCC(c1cccs1)c1c[nH]c2ccccc12. The van der Waals surface area contributed by atoms with Crippen molar-refractivity contribution in [2.75, 3.05) is 19.6 Å². The van der Waals surface area contributed by atoms with Crippen LogP contribution in [0.3, 0.4) is 0 Å². The van der Waals surface area contributed by atoms with E-state index in [-0.39, 0.29) is 16.7 Å². The summed E-state index contributed by atoms with van der Waals surface area (Å²) in [5, 5.41) is 6.21. The van der Waals surface area contributed by atoms with Crippen molar-refractivity contribution in [2.24, 2.45) is 7.05 Å². The molecular weight excluding hydrogens is 468 g/mol. The molecule has 5 rings (SSSR count). The van der Waals surface area contributed by atoms with Crippen molar-refractivity contribution in [2.45, 2.75) is 30.1 Å². The number of amides is 1. The number of piperidine rings is 1. The number of aryl methyl sites for hydroxylation is 1. The van der Waals surface area contributed by atoms with E-state index in [2.05, 4.69) is 22.4 Å². The zero-order valence-corrected chi connectivity index (χ0v) is 20.7. The van der Waals surface area contributed by atoms with Gasteiger partial charge in [0.05, 0.1) is 0 Å². The Morgan fingerprint density at radius 2 is 1.94 bits per heavy atom. The van der Waals surface area contributed by atoms with Gasteiger partial charge in [-0.3, -0.25) is 4.79 Å². The summed E-state index contributed by atoms with van der Waals surface area (Å²) in [4.78, 5) is 17.8. The molecule has 0 aliphatic carbocycles. The third-order valence-corrected chi connectivity index (χ3v) is 9.37. The summed E-state index contributed by atoms with van der Waals surface area (Å²) in [5.41, 5.74) is 2.51. The van der Waals surface area contributed by atoms with Crippen LogP contribution in [-0.2, 0) is 17.1 Å². The van der Waals surface area contributed by atoms with Crippen molar-refractivity contribution in [1.82, 2.24) is 19.2 Å². The second kappa shape index (κ2) is 9.40. The first-order valence-electron chi connectivity index (χ1n) is 11.5. The average Bonchev–Trinajstić information content (AvgIpc) is 3.60. The predicted molar refractivity (Wildman–Crippen MR) is 135 cm³/mol. The molecule has 1 unspecified atom stereocenters. The summed E-state index contributed by atoms with van der Waals surface area (Å²) in [6, 6.07) is 13.7. The van der Waals surface area contributed by atoms with Gasteiger partial charge in [-0.1, -0.05) is 30.7 Å². The number of nitrogens with one attached hydrogen (secondary N) is 2. The largest absolute Gasteiger partial charge is 0.361 e. The highest BCUT2D eigenvalue weighted by Gasteiger charge is 2.29. The van der Waals surface area contributed by atoms with Gasteiger partial charge >= 0.3 is 0 Å². The van der Waals surface area contributed by atoms with Gasteiger partial charge < -0.3 is 14.9 Å². The lowest BCUT2D eigenvalue weighted by molar-refractivity contribution is 0.0944. The highest BCUT2D eigenvalue weighted by molar-refractivity contribution is 7.89. The van der Waals surface area contributed by atoms with Crippen molar-refractivity contribution in [3.63, 3.8) is 0 Å². The number of benzene rings is 1. The average molecular weight is 497 g/mol. The lowest BCUT2D eigenvalue weighted by Crippen LogP contribution is -2.35. The van der Waals surface area contributed by atoms with Gasteiger partial charge in [-0.15, -0.1) is 11.3 Å². The van der Waals surface area contributed by atoms with Crippen LogP contribution in [0.4, 0.5) is 0 Å². The molecule has 178 valence electrons. The monoisotopic (exact) mass is 496 g/mol. The number of nitrogens with zero attached hydrogens (tertiary/aromatic N) is 2. The Balaban J connectivity index is 1.37. The van der Waals surface area contributed by atoms with Crippen LogP contribution in [0.25, 0.3) is 10.9 Å². The Morgan fingerprint density at radius 1 is 1.15 bits per heavy atom. The molecule has 1 fully saturated rings. The zero-order valence-electron chi connectivity index (χ0n) is 19.0. The van der Waals surface area contributed by atoms with Crippen LogP contribution in [0.15, 0.2) is 65.1 Å². The second-order valence-electron chi connectivity index (χ2n) is 8.70. The van der Waals surface area contributed by atoms with Crippen LogP contribution in [0.5, 0.6) is 0 Å². The van der Waals surface area contributed by atoms with Crippen LogP contribution in [0.1, 0.15) is 46.1 Å². The van der Waals surface area contributed by atoms with Gasteiger partial charge in [-0.05, 0) is 42.0 Å². The Morgan fingerprint density at radius 3 is 2.71 bits per heavy atom. The maximum atomic E-state index is 13.1. The number of thiophene rings is 1. The molecule has 9 heteroatoms. The molecular formula is C25H28N4O3S2. The van der Waals surface area contributed by atoms with Gasteiger partial charge in [0.2, 0.25) is 10.0 Å². The standard InChI is InChI=1S/C25H28N4O3S2/c1-28-17-18(34(31,32)29-11-5-2-6-12-29)14-23(28)25(30)27-16-21(24-10-7-13-33-24)20-15-26-22-9-4-3-8-19(20)22/h3-4,7-10,13-15,17,21,26H,2,5-6,11-12,16H2,1H3,(H,27,30). The van der Waals surface area contributed by atoms with E-state index < -0.39 is 10.0 Å². The minimum absolute atomic E-state index is 0.0167. The quantitative estimate of drug-likeness (QED) is 0.400. The summed E-state index contributed by atoms with van der Waals surface area (Å²) in [5.74, 6) is -0.305. The first kappa shape index (κ1) is 22.9. The Labute approximate surface area is 203 Å². The third-order valence-electron chi connectivity index (χ3n) is 6.52. The van der Waals surface area contributed by atoms with Crippen LogP contribution in [0.2, 0.25) is 0 Å². The molecule has 1 atom stereocenters. The smallest absolute Gasteiger partial charge is 0.267 e. The fourth-order valence-corrected chi connectivity index (χ4v) is 7.11. The number of carbonyl (C=O) groups excluding carboxylic acids is 1. The van der Waals surface area contributed by atoms with Gasteiger partial charge in [0.15, 0.2) is 0 Å². The topological polar surface area (TPSA) is 87.2 Å². The molecule has 7 nitrogen and oxygen atoms in total. The van der Waals surface area contributed by atoms with E-state index in [9.17, 15) is 13.2 Å². The van der Waals surface area contributed by atoms with E-state index in [0.29, 0.717) is 25.3 Å². The minimum atomic E-state index is -3.59. The Kier molecular flexibility index (Phi) is 6.33. The fourth-order valence-electron chi connectivity index (χ4n) is 4.68. The number of sulfonamides is 1. The third kappa shape index (κ3) is 4.31. The van der Waals surface area contributed by atoms with E-state index in [0.717, 1.165) is 40.6 Å². The van der Waals surface area contributed by atoms with Crippen LogP contribution in [-0.4, -0.2) is 47.8 Å². The van der Waals surface area contributed by atoms with E-state index in [4.69, 9.17) is 0 Å². The highest BCUT2D eigenvalue weighted by atomic mass is 32.2. The number of fused-ring (bicyclic) bond motifs is 1. The van der Waals surface area contributed by atoms with Crippen molar-refractivity contribution < 1.29 is 13.2 Å². The van der Waals surface area contributed by atoms with E-state index >= 15 is 0 Å². The van der Waals surface area contributed by atoms with E-state index in [1.807, 2.05) is 35.8 Å². The molecule has 2 N–H and O–H groups in total. The predicted octanol–water partition coefficient (Wildman–Crippen LogP) is 4.30. The first-order chi connectivity index (χ1) is 16.4. The summed E-state index contributed by atoms with van der Waals surface area (Å²) < 4.78 is 29.2. The number of carbonyl (C=O) groups is 1. The number of hydrogen-bond acceptors (Lipinski definition) is 4. The molecule has 0 bridgehead atoms. The van der Waals surface area contributed by atoms with Gasteiger partial charge in [-0.2, -0.15) is 4.31 Å². The van der Waals surface area contributed by atoms with Crippen LogP contribution < -0.4 is 5.32 Å². The van der Waals surface area contributed by atoms with Crippen LogP contribution in [0, 0.1) is 0 Å². The maximum Gasteiger partial charge on any atom is 0.267 e. The Hall–Kier alpha value is -2.88. The highest BCUT2D eigenvalue weighted by Crippen LogP contribution is 2.33. The molecule has 34 heavy (non-hydrogen) atoms. The van der Waals surface area contributed by atoms with Crippen molar-refractivity contribution in [3.05, 3.63) is 76.4 Å². The molecule has 1 aliphatic rings. The van der Waals surface area contributed by atoms with Gasteiger partial charge in [0, 0.05) is 60.8 Å². The molecule has 4 heterocycles. The number of hydrogen-bond donors (Lipinski definition) is 2. The number of aromatic nitrogens is 2. The van der Waals surface area contributed by atoms with Crippen molar-refractivity contribution in [3.8, 4) is 0 Å². The normalized spacial score (nSPS) is 16.0. The molecule has 0 radical (unpaired) electrons. The molecule has 0 spiro atoms. The maximum absolute atomic E-state index is 13.1. The van der Waals surface area contributed by atoms with Gasteiger partial charge in [0.25, 0.3) is 5.91 Å². The van der Waals surface area contributed by atoms with E-state index in [1.165, 1.54) is 16.6 Å². The lowest BCUT2D eigenvalue weighted by atomic mass is 9.96. The summed E-state index contributed by atoms with van der Waals surface area (Å²) in [6.45, 7) is 1.47. The molecule has 3 aromatic heterocycles. The second-order valence-corrected chi connectivity index (χ2v) is 11.6. The van der Waals surface area contributed by atoms with E-state index in [1.54, 1.807) is 23.0 Å². The summed E-state index contributed by atoms with van der Waals surface area (Å²) in [7, 11) is -1.88. The zero-order chi connectivity index (χ0) is 23.7. The number of rotatable bonds is 7. The fraction of sp³-hybridized carbons (Fsp3) is 0.320. The molecule has 1 aromatic carbocycles. The summed E-state index contributed by atoms with van der Waals surface area (Å²) in [6.07, 6.45) is 6.34. The molecule has 4 aromatic rings. The molecule has 0 saturated carbocycles. The Bertz CT molecular complexity index is 1400. The van der Waals surface area contributed by atoms with Crippen molar-refractivity contribution >= 4 is 38.2 Å². The van der Waals surface area contributed by atoms with Gasteiger partial charge in [-0.25, -0.2) is 8.42 Å². The van der Waals surface area contributed by atoms with Crippen LogP contribution >= 0.6 is 11.3 Å². The van der Waals surface area contributed by atoms with Gasteiger partial charge in [0.1, 0.15) is 10.6 Å². The molecule has 1 amide bonds. The summed E-state index contributed by atoms with van der Waals surface area (Å²) >= 11 is 1.66. The minimum Gasteiger partial charge on any atom is -0.361 e. The molecule has 1 saturated heterocycles. The van der Waals surface area contributed by atoms with Crippen molar-refractivity contribution in [1.29, 1.82) is 0 Å². The molecule has 1 aliphatic heterocycles. The number of para-hydroxylation sites is 1. The number of H-pyrrole nitrogens is 1.